The summed E-state index contributed by atoms with van der Waals surface area (Å²) in [5, 5.41) is 15.3. The standard InChI is InChI=1S/C17H15N5O3S/c1-12-8-16(7-2-13(12)9-18)26(23,24)22-14-3-5-15(6-4-14)25-10-17-19-11-20-21-17/h2-8,11,22H,10H2,1H3,(H,19,20,21). The largest absolute Gasteiger partial charge is 0.486 e. The van der Waals surface area contributed by atoms with Gasteiger partial charge in [-0.3, -0.25) is 9.82 Å². The molecule has 0 spiro atoms. The van der Waals surface area contributed by atoms with Crippen molar-refractivity contribution in [1.29, 1.82) is 5.26 Å². The second-order valence-electron chi connectivity index (χ2n) is 5.44. The van der Waals surface area contributed by atoms with Crippen LogP contribution in [0.2, 0.25) is 0 Å². The van der Waals surface area contributed by atoms with Crippen LogP contribution in [0, 0.1) is 18.3 Å². The Hall–Kier alpha value is -3.38. The number of rotatable bonds is 6. The summed E-state index contributed by atoms with van der Waals surface area (Å²) in [5.41, 5.74) is 1.45. The Morgan fingerprint density at radius 2 is 2.00 bits per heavy atom. The number of hydrogen-bond acceptors (Lipinski definition) is 6. The summed E-state index contributed by atoms with van der Waals surface area (Å²) in [4.78, 5) is 4.04. The van der Waals surface area contributed by atoms with Gasteiger partial charge < -0.3 is 4.74 Å². The van der Waals surface area contributed by atoms with Gasteiger partial charge in [0.15, 0.2) is 5.82 Å². The molecule has 0 unspecified atom stereocenters. The van der Waals surface area contributed by atoms with Crippen molar-refractivity contribution in [2.24, 2.45) is 0 Å². The van der Waals surface area contributed by atoms with Crippen molar-refractivity contribution in [2.75, 3.05) is 4.72 Å². The molecular formula is C17H15N5O3S. The van der Waals surface area contributed by atoms with Crippen LogP contribution in [-0.4, -0.2) is 23.6 Å². The average Bonchev–Trinajstić information content (AvgIpc) is 3.14. The molecule has 8 nitrogen and oxygen atoms in total. The van der Waals surface area contributed by atoms with Gasteiger partial charge in [-0.15, -0.1) is 0 Å². The molecule has 0 fully saturated rings. The number of hydrogen-bond donors (Lipinski definition) is 2. The van der Waals surface area contributed by atoms with E-state index in [-0.39, 0.29) is 11.5 Å². The Morgan fingerprint density at radius 3 is 2.62 bits per heavy atom. The number of aryl methyl sites for hydroxylation is 1. The molecule has 0 bridgehead atoms. The van der Waals surface area contributed by atoms with E-state index < -0.39 is 10.0 Å². The average molecular weight is 369 g/mol. The fourth-order valence-electron chi connectivity index (χ4n) is 2.21. The van der Waals surface area contributed by atoms with Crippen molar-refractivity contribution in [3.05, 3.63) is 65.7 Å². The first kappa shape index (κ1) is 17.4. The van der Waals surface area contributed by atoms with Crippen molar-refractivity contribution >= 4 is 15.7 Å². The number of aromatic nitrogens is 3. The second kappa shape index (κ2) is 7.25. The molecule has 132 valence electrons. The normalized spacial score (nSPS) is 10.9. The van der Waals surface area contributed by atoms with E-state index >= 15 is 0 Å². The van der Waals surface area contributed by atoms with E-state index in [0.29, 0.717) is 28.4 Å². The van der Waals surface area contributed by atoms with Gasteiger partial charge in [0, 0.05) is 5.69 Å². The van der Waals surface area contributed by atoms with Crippen LogP contribution in [0.15, 0.2) is 53.7 Å². The molecule has 0 aliphatic rings. The lowest BCUT2D eigenvalue weighted by Gasteiger charge is -2.10. The van der Waals surface area contributed by atoms with E-state index in [2.05, 4.69) is 19.9 Å². The molecule has 3 aromatic rings. The zero-order chi connectivity index (χ0) is 18.6. The molecular weight excluding hydrogens is 354 g/mol. The van der Waals surface area contributed by atoms with Crippen molar-refractivity contribution in [3.8, 4) is 11.8 Å². The SMILES string of the molecule is Cc1cc(S(=O)(=O)Nc2ccc(OCc3ncn[nH]3)cc2)ccc1C#N. The maximum atomic E-state index is 12.5. The zero-order valence-electron chi connectivity index (χ0n) is 13.8. The molecule has 0 saturated heterocycles. The van der Waals surface area contributed by atoms with Crippen LogP contribution < -0.4 is 9.46 Å². The van der Waals surface area contributed by atoms with E-state index in [1.54, 1.807) is 31.2 Å². The van der Waals surface area contributed by atoms with Gasteiger partial charge in [-0.05, 0) is 55.0 Å². The summed E-state index contributed by atoms with van der Waals surface area (Å²) in [6.45, 7) is 1.92. The zero-order valence-corrected chi connectivity index (χ0v) is 14.6. The van der Waals surface area contributed by atoms with Crippen molar-refractivity contribution in [2.45, 2.75) is 18.4 Å². The molecule has 0 radical (unpaired) electrons. The minimum atomic E-state index is -3.74. The molecule has 1 heterocycles. The summed E-state index contributed by atoms with van der Waals surface area (Å²) in [6.07, 6.45) is 1.39. The minimum Gasteiger partial charge on any atom is -0.486 e. The lowest BCUT2D eigenvalue weighted by molar-refractivity contribution is 0.296. The van der Waals surface area contributed by atoms with Gasteiger partial charge in [0.1, 0.15) is 18.7 Å². The second-order valence-corrected chi connectivity index (χ2v) is 7.12. The van der Waals surface area contributed by atoms with Crippen LogP contribution in [0.1, 0.15) is 17.0 Å². The van der Waals surface area contributed by atoms with Crippen LogP contribution >= 0.6 is 0 Å². The highest BCUT2D eigenvalue weighted by molar-refractivity contribution is 7.92. The third kappa shape index (κ3) is 3.99. The van der Waals surface area contributed by atoms with Gasteiger partial charge in [0.05, 0.1) is 16.5 Å². The van der Waals surface area contributed by atoms with Crippen molar-refractivity contribution < 1.29 is 13.2 Å². The summed E-state index contributed by atoms with van der Waals surface area (Å²) < 4.78 is 33.0. The molecule has 1 aromatic heterocycles. The Morgan fingerprint density at radius 1 is 1.23 bits per heavy atom. The topological polar surface area (TPSA) is 121 Å². The van der Waals surface area contributed by atoms with Gasteiger partial charge in [0.25, 0.3) is 10.0 Å². The molecule has 0 aliphatic carbocycles. The molecule has 0 amide bonds. The summed E-state index contributed by atoms with van der Waals surface area (Å²) in [7, 11) is -3.74. The van der Waals surface area contributed by atoms with Crippen LogP contribution in [0.25, 0.3) is 0 Å². The number of anilines is 1. The minimum absolute atomic E-state index is 0.0969. The van der Waals surface area contributed by atoms with E-state index in [4.69, 9.17) is 10.00 Å². The molecule has 26 heavy (non-hydrogen) atoms. The lowest BCUT2D eigenvalue weighted by Crippen LogP contribution is -2.13. The quantitative estimate of drug-likeness (QED) is 0.688. The van der Waals surface area contributed by atoms with E-state index in [1.165, 1.54) is 24.5 Å². The third-order valence-electron chi connectivity index (χ3n) is 3.58. The molecule has 9 heteroatoms. The maximum absolute atomic E-state index is 12.5. The van der Waals surface area contributed by atoms with Crippen molar-refractivity contribution in [3.63, 3.8) is 0 Å². The summed E-state index contributed by atoms with van der Waals surface area (Å²) in [6, 6.07) is 12.9. The highest BCUT2D eigenvalue weighted by atomic mass is 32.2. The van der Waals surface area contributed by atoms with Gasteiger partial charge in [0.2, 0.25) is 0 Å². The predicted octanol–water partition coefficient (Wildman–Crippen LogP) is 2.36. The number of aromatic amines is 1. The molecule has 3 rings (SSSR count). The number of benzene rings is 2. The van der Waals surface area contributed by atoms with Crippen LogP contribution in [-0.2, 0) is 16.6 Å². The third-order valence-corrected chi connectivity index (χ3v) is 4.95. The van der Waals surface area contributed by atoms with Gasteiger partial charge in [-0.25, -0.2) is 13.4 Å². The van der Waals surface area contributed by atoms with Crippen LogP contribution in [0.4, 0.5) is 5.69 Å². The van der Waals surface area contributed by atoms with Gasteiger partial charge in [-0.2, -0.15) is 10.4 Å². The molecule has 0 aliphatic heterocycles. The molecule has 0 atom stereocenters. The predicted molar refractivity (Wildman–Crippen MR) is 93.9 cm³/mol. The molecule has 0 saturated carbocycles. The van der Waals surface area contributed by atoms with E-state index in [0.717, 1.165) is 0 Å². The Labute approximate surface area is 150 Å². The first-order chi connectivity index (χ1) is 12.5. The smallest absolute Gasteiger partial charge is 0.261 e. The van der Waals surface area contributed by atoms with E-state index in [1.807, 2.05) is 6.07 Å². The maximum Gasteiger partial charge on any atom is 0.261 e. The summed E-state index contributed by atoms with van der Waals surface area (Å²) in [5.74, 6) is 1.16. The Balaban J connectivity index is 1.69. The molecule has 2 aromatic carbocycles. The highest BCUT2D eigenvalue weighted by Gasteiger charge is 2.15. The monoisotopic (exact) mass is 369 g/mol. The fourth-order valence-corrected chi connectivity index (χ4v) is 3.36. The number of nitrogens with zero attached hydrogens (tertiary/aromatic N) is 3. The van der Waals surface area contributed by atoms with Gasteiger partial charge in [-0.1, -0.05) is 0 Å². The van der Waals surface area contributed by atoms with Crippen molar-refractivity contribution in [1.82, 2.24) is 15.2 Å². The Bertz CT molecular complexity index is 1040. The first-order valence-corrected chi connectivity index (χ1v) is 9.07. The number of sulfonamides is 1. The summed E-state index contributed by atoms with van der Waals surface area (Å²) >= 11 is 0. The number of nitrogens with one attached hydrogen (secondary N) is 2. The molecule has 2 N–H and O–H groups in total. The number of H-pyrrole nitrogens is 1. The van der Waals surface area contributed by atoms with Gasteiger partial charge >= 0.3 is 0 Å². The number of nitriles is 1. The first-order valence-electron chi connectivity index (χ1n) is 7.58. The number of ether oxygens (including phenoxy) is 1. The van der Waals surface area contributed by atoms with Crippen LogP contribution in [0.5, 0.6) is 5.75 Å². The highest BCUT2D eigenvalue weighted by Crippen LogP contribution is 2.21. The lowest BCUT2D eigenvalue weighted by atomic mass is 10.1. The fraction of sp³-hybridized carbons (Fsp3) is 0.118. The Kier molecular flexibility index (Phi) is 4.86. The van der Waals surface area contributed by atoms with Crippen LogP contribution in [0.3, 0.4) is 0 Å². The van der Waals surface area contributed by atoms with E-state index in [9.17, 15) is 8.42 Å².